The van der Waals surface area contributed by atoms with Gasteiger partial charge in [0.1, 0.15) is 0 Å². The smallest absolute Gasteiger partial charge is 0.340 e. The van der Waals surface area contributed by atoms with E-state index < -0.39 is 24.8 Å². The molecule has 0 aliphatic heterocycles. The van der Waals surface area contributed by atoms with Crippen LogP contribution in [0.3, 0.4) is 0 Å². The van der Waals surface area contributed by atoms with E-state index in [1.165, 1.54) is 0 Å². The van der Waals surface area contributed by atoms with E-state index in [9.17, 15) is 14.8 Å². The number of halogens is 1. The van der Waals surface area contributed by atoms with Crippen LogP contribution in [-0.2, 0) is 0 Å². The van der Waals surface area contributed by atoms with Gasteiger partial charge in [0.25, 0.3) is 0 Å². The molecule has 8 heteroatoms. The zero-order valence-corrected chi connectivity index (χ0v) is 9.72. The van der Waals surface area contributed by atoms with Crippen molar-refractivity contribution < 1.29 is 15.0 Å². The largest absolute Gasteiger partial charge is 0.394 e. The molecule has 0 bridgehead atoms. The van der Waals surface area contributed by atoms with Crippen LogP contribution in [0.2, 0.25) is 0 Å². The number of hydrogen-bond donors (Lipinski definition) is 3. The minimum atomic E-state index is -1.07. The molecule has 0 spiro atoms. The molecule has 0 radical (unpaired) electrons. The highest BCUT2D eigenvalue weighted by Gasteiger charge is 2.22. The lowest BCUT2D eigenvalue weighted by Gasteiger charge is -2.23. The molecule has 7 nitrogen and oxygen atoms in total. The monoisotopic (exact) mass is 253 g/mol. The van der Waals surface area contributed by atoms with Gasteiger partial charge in [-0.2, -0.15) is 5.01 Å². The number of alkyl halides is 1. The van der Waals surface area contributed by atoms with Gasteiger partial charge in [-0.15, -0.1) is 16.5 Å². The summed E-state index contributed by atoms with van der Waals surface area (Å²) in [6, 6.07) is -1.37. The van der Waals surface area contributed by atoms with Crippen molar-refractivity contribution in [3.8, 4) is 0 Å². The van der Waals surface area contributed by atoms with Gasteiger partial charge in [-0.05, 0) is 6.42 Å². The number of nitrogens with one attached hydrogen (secondary N) is 1. The summed E-state index contributed by atoms with van der Waals surface area (Å²) in [4.78, 5) is 21.7. The normalized spacial score (nSPS) is 14.0. The quantitative estimate of drug-likeness (QED) is 0.339. The van der Waals surface area contributed by atoms with Gasteiger partial charge >= 0.3 is 6.03 Å². The third-order valence-corrected chi connectivity index (χ3v) is 2.20. The number of amides is 2. The van der Waals surface area contributed by atoms with E-state index in [0.29, 0.717) is 11.4 Å². The summed E-state index contributed by atoms with van der Waals surface area (Å²) < 4.78 is 0. The molecule has 0 rings (SSSR count). The van der Waals surface area contributed by atoms with Gasteiger partial charge in [-0.3, -0.25) is 0 Å². The molecule has 0 aromatic heterocycles. The van der Waals surface area contributed by atoms with E-state index in [1.54, 1.807) is 6.92 Å². The summed E-state index contributed by atoms with van der Waals surface area (Å²) in [5.41, 5.74) is 0. The van der Waals surface area contributed by atoms with E-state index >= 15 is 0 Å². The average Bonchev–Trinajstić information content (AvgIpc) is 2.31. The highest BCUT2D eigenvalue weighted by molar-refractivity contribution is 6.18. The fourth-order valence-corrected chi connectivity index (χ4v) is 1.25. The molecule has 2 amide bonds. The van der Waals surface area contributed by atoms with E-state index in [1.807, 2.05) is 0 Å². The van der Waals surface area contributed by atoms with Crippen molar-refractivity contribution in [2.45, 2.75) is 25.5 Å². The molecule has 0 aromatic carbocycles. The van der Waals surface area contributed by atoms with Gasteiger partial charge in [-0.1, -0.05) is 6.92 Å². The molecular weight excluding hydrogens is 238 g/mol. The fourth-order valence-electron chi connectivity index (χ4n) is 1.09. The van der Waals surface area contributed by atoms with Crippen LogP contribution in [0.15, 0.2) is 5.29 Å². The Balaban J connectivity index is 4.32. The molecule has 0 heterocycles. The number of carbonyl (C=O) groups is 1. The summed E-state index contributed by atoms with van der Waals surface area (Å²) in [7, 11) is 0. The van der Waals surface area contributed by atoms with Gasteiger partial charge in [0.15, 0.2) is 0 Å². The maximum Gasteiger partial charge on any atom is 0.340 e. The number of carbonyl (C=O) groups excluding carboxylic acids is 1. The van der Waals surface area contributed by atoms with Crippen LogP contribution in [0.1, 0.15) is 13.3 Å². The van der Waals surface area contributed by atoms with Crippen LogP contribution in [0.5, 0.6) is 0 Å². The Morgan fingerprint density at radius 1 is 1.62 bits per heavy atom. The maximum atomic E-state index is 11.4. The molecule has 3 N–H and O–H groups in total. The third-order valence-electron chi connectivity index (χ3n) is 2.03. The van der Waals surface area contributed by atoms with Crippen molar-refractivity contribution in [2.24, 2.45) is 5.29 Å². The fraction of sp³-hybridized carbons (Fsp3) is 0.875. The van der Waals surface area contributed by atoms with Gasteiger partial charge in [0.2, 0.25) is 0 Å². The Hall–Kier alpha value is -0.920. The topological polar surface area (TPSA) is 102 Å². The van der Waals surface area contributed by atoms with Crippen molar-refractivity contribution in [1.82, 2.24) is 10.3 Å². The molecule has 0 aliphatic carbocycles. The first-order valence-corrected chi connectivity index (χ1v) is 5.40. The van der Waals surface area contributed by atoms with E-state index in [-0.39, 0.29) is 12.4 Å². The molecular formula is C8H16ClN3O4. The lowest BCUT2D eigenvalue weighted by Crippen LogP contribution is -2.49. The van der Waals surface area contributed by atoms with Crippen LogP contribution in [0.4, 0.5) is 4.79 Å². The van der Waals surface area contributed by atoms with Crippen molar-refractivity contribution in [2.75, 3.05) is 19.0 Å². The summed E-state index contributed by atoms with van der Waals surface area (Å²) in [5, 5.41) is 23.6. The molecule has 0 aromatic rings. The number of hydrogen-bond acceptors (Lipinski definition) is 5. The number of rotatable bonds is 7. The molecule has 0 aliphatic rings. The zero-order chi connectivity index (χ0) is 12.6. The van der Waals surface area contributed by atoms with Crippen molar-refractivity contribution in [3.05, 3.63) is 4.91 Å². The minimum absolute atomic E-state index is 0.0114. The third kappa shape index (κ3) is 4.73. The summed E-state index contributed by atoms with van der Waals surface area (Å²) in [5.74, 6) is 0.0819. The number of aliphatic hydroxyl groups is 2. The van der Waals surface area contributed by atoms with Gasteiger partial charge in [-0.25, -0.2) is 4.79 Å². The van der Waals surface area contributed by atoms with Crippen LogP contribution in [0, 0.1) is 4.91 Å². The minimum Gasteiger partial charge on any atom is -0.394 e. The summed E-state index contributed by atoms with van der Waals surface area (Å²) >= 11 is 5.37. The van der Waals surface area contributed by atoms with Crippen molar-refractivity contribution >= 4 is 17.6 Å². The first kappa shape index (κ1) is 15.1. The first-order chi connectivity index (χ1) is 7.60. The molecule has 16 heavy (non-hydrogen) atoms. The molecule has 0 fully saturated rings. The van der Waals surface area contributed by atoms with E-state index in [4.69, 9.17) is 16.7 Å². The molecule has 2 unspecified atom stereocenters. The standard InChI is InChI=1S/C8H16ClN3O4/c1-2-6(7(14)5-13)10-8(15)12(11-16)4-3-9/h6-7,13-14H,2-5H2,1H3,(H,10,15). The van der Waals surface area contributed by atoms with E-state index in [2.05, 4.69) is 10.6 Å². The van der Waals surface area contributed by atoms with E-state index in [0.717, 1.165) is 0 Å². The Kier molecular flexibility index (Phi) is 7.78. The summed E-state index contributed by atoms with van der Waals surface area (Å²) in [6.07, 6.45) is -0.653. The lowest BCUT2D eigenvalue weighted by atomic mass is 10.1. The molecule has 0 saturated heterocycles. The second kappa shape index (κ2) is 8.26. The average molecular weight is 254 g/mol. The second-order valence-corrected chi connectivity index (χ2v) is 3.49. The Bertz CT molecular complexity index is 229. The van der Waals surface area contributed by atoms with Crippen LogP contribution < -0.4 is 5.32 Å². The SMILES string of the molecule is CCC(NC(=O)N(CCCl)N=O)C(O)CO. The van der Waals surface area contributed by atoms with Gasteiger partial charge < -0.3 is 15.5 Å². The molecule has 2 atom stereocenters. The van der Waals surface area contributed by atoms with Crippen molar-refractivity contribution in [1.29, 1.82) is 0 Å². The highest BCUT2D eigenvalue weighted by atomic mass is 35.5. The van der Waals surface area contributed by atoms with Crippen LogP contribution in [0.25, 0.3) is 0 Å². The summed E-state index contributed by atoms with van der Waals surface area (Å²) in [6.45, 7) is 1.25. The van der Waals surface area contributed by atoms with Gasteiger partial charge in [0, 0.05) is 5.88 Å². The first-order valence-electron chi connectivity index (χ1n) is 4.86. The predicted molar refractivity (Wildman–Crippen MR) is 58.9 cm³/mol. The lowest BCUT2D eigenvalue weighted by molar-refractivity contribution is 0.0622. The number of urea groups is 1. The van der Waals surface area contributed by atoms with Crippen LogP contribution >= 0.6 is 11.6 Å². The molecule has 94 valence electrons. The Morgan fingerprint density at radius 3 is 2.62 bits per heavy atom. The Morgan fingerprint density at radius 2 is 2.25 bits per heavy atom. The number of nitroso groups, excluding NO2 is 1. The maximum absolute atomic E-state index is 11.4. The highest BCUT2D eigenvalue weighted by Crippen LogP contribution is 2.01. The number of nitrogens with zero attached hydrogens (tertiary/aromatic N) is 2. The van der Waals surface area contributed by atoms with Crippen LogP contribution in [-0.4, -0.2) is 52.4 Å². The second-order valence-electron chi connectivity index (χ2n) is 3.11. The Labute approximate surface area is 98.3 Å². The molecule has 0 saturated carbocycles. The van der Waals surface area contributed by atoms with Gasteiger partial charge in [0.05, 0.1) is 30.6 Å². The predicted octanol–water partition coefficient (Wildman–Crippen LogP) is 0.0500. The van der Waals surface area contributed by atoms with Crippen molar-refractivity contribution in [3.63, 3.8) is 0 Å². The zero-order valence-electron chi connectivity index (χ0n) is 8.97. The number of aliphatic hydroxyl groups excluding tert-OH is 2.